The fourth-order valence-electron chi connectivity index (χ4n) is 2.21. The van der Waals surface area contributed by atoms with Crippen LogP contribution in [0.2, 0.25) is 0 Å². The first-order valence-electron chi connectivity index (χ1n) is 6.54. The Bertz CT molecular complexity index is 349. The van der Waals surface area contributed by atoms with Crippen molar-refractivity contribution in [1.29, 1.82) is 0 Å². The Labute approximate surface area is 122 Å². The van der Waals surface area contributed by atoms with Crippen LogP contribution in [-0.2, 0) is 0 Å². The topological polar surface area (TPSA) is 41.5 Å². The summed E-state index contributed by atoms with van der Waals surface area (Å²) in [4.78, 5) is 0. The highest BCUT2D eigenvalue weighted by atomic mass is 127. The lowest BCUT2D eigenvalue weighted by Gasteiger charge is -2.16. The molecule has 0 bridgehead atoms. The third-order valence-corrected chi connectivity index (χ3v) is 3.97. The van der Waals surface area contributed by atoms with E-state index >= 15 is 0 Å². The van der Waals surface area contributed by atoms with Crippen molar-refractivity contribution in [2.45, 2.75) is 37.8 Å². The molecule has 1 unspecified atom stereocenters. The zero-order valence-electron chi connectivity index (χ0n) is 10.4. The van der Waals surface area contributed by atoms with Gasteiger partial charge in [0.05, 0.1) is 0 Å². The van der Waals surface area contributed by atoms with E-state index in [0.29, 0.717) is 19.2 Å². The summed E-state index contributed by atoms with van der Waals surface area (Å²) in [5.41, 5.74) is 0. The molecule has 0 amide bonds. The number of aliphatic hydroxyl groups excluding tert-OH is 1. The van der Waals surface area contributed by atoms with E-state index in [9.17, 15) is 5.11 Å². The Balaban J connectivity index is 1.64. The molecular weight excluding hydrogens is 341 g/mol. The van der Waals surface area contributed by atoms with Crippen LogP contribution in [0, 0.1) is 3.57 Å². The smallest absolute Gasteiger partial charge is 0.119 e. The molecule has 0 heterocycles. The van der Waals surface area contributed by atoms with Crippen LogP contribution in [-0.4, -0.2) is 30.4 Å². The molecule has 1 aromatic rings. The fraction of sp³-hybridized carbons (Fsp3) is 0.571. The molecule has 18 heavy (non-hydrogen) atoms. The maximum Gasteiger partial charge on any atom is 0.119 e. The molecule has 0 radical (unpaired) electrons. The molecule has 0 aliphatic heterocycles. The molecule has 4 heteroatoms. The van der Waals surface area contributed by atoms with E-state index in [0.717, 1.165) is 5.75 Å². The van der Waals surface area contributed by atoms with Gasteiger partial charge in [-0.1, -0.05) is 12.8 Å². The lowest BCUT2D eigenvalue weighted by Crippen LogP contribution is -2.36. The maximum absolute atomic E-state index is 9.84. The van der Waals surface area contributed by atoms with Crippen molar-refractivity contribution < 1.29 is 9.84 Å². The van der Waals surface area contributed by atoms with Gasteiger partial charge in [-0.05, 0) is 59.7 Å². The first-order valence-corrected chi connectivity index (χ1v) is 7.62. The minimum Gasteiger partial charge on any atom is -0.491 e. The van der Waals surface area contributed by atoms with Crippen LogP contribution in [0.4, 0.5) is 0 Å². The van der Waals surface area contributed by atoms with E-state index in [1.807, 2.05) is 24.3 Å². The van der Waals surface area contributed by atoms with Crippen LogP contribution >= 0.6 is 22.6 Å². The zero-order valence-corrected chi connectivity index (χ0v) is 12.6. The van der Waals surface area contributed by atoms with Crippen molar-refractivity contribution in [3.05, 3.63) is 27.8 Å². The van der Waals surface area contributed by atoms with Gasteiger partial charge in [0.1, 0.15) is 18.5 Å². The molecule has 1 saturated carbocycles. The summed E-state index contributed by atoms with van der Waals surface area (Å²) in [7, 11) is 0. The molecule has 1 aliphatic carbocycles. The number of benzene rings is 1. The van der Waals surface area contributed by atoms with Gasteiger partial charge in [-0.25, -0.2) is 0 Å². The number of halogens is 1. The predicted octanol–water partition coefficient (Wildman–Crippen LogP) is 2.56. The molecule has 0 saturated heterocycles. The minimum absolute atomic E-state index is 0.348. The van der Waals surface area contributed by atoms with Crippen LogP contribution in [0.1, 0.15) is 25.7 Å². The Morgan fingerprint density at radius 1 is 1.28 bits per heavy atom. The summed E-state index contributed by atoms with van der Waals surface area (Å²) < 4.78 is 6.73. The Morgan fingerprint density at radius 2 is 1.94 bits per heavy atom. The van der Waals surface area contributed by atoms with Crippen molar-refractivity contribution >= 4 is 22.6 Å². The average molecular weight is 361 g/mol. The molecule has 1 fully saturated rings. The van der Waals surface area contributed by atoms with Crippen LogP contribution in [0.15, 0.2) is 24.3 Å². The van der Waals surface area contributed by atoms with Crippen molar-refractivity contribution in [1.82, 2.24) is 5.32 Å². The molecule has 3 nitrogen and oxygen atoms in total. The van der Waals surface area contributed by atoms with Gasteiger partial charge in [-0.3, -0.25) is 0 Å². The standard InChI is InChI=1S/C14H20INO2/c15-11-5-7-14(8-6-11)18-10-13(17)9-16-12-3-1-2-4-12/h5-8,12-13,16-17H,1-4,9-10H2. The molecule has 100 valence electrons. The van der Waals surface area contributed by atoms with Crippen molar-refractivity contribution in [2.24, 2.45) is 0 Å². The SMILES string of the molecule is OC(CNC1CCCC1)COc1ccc(I)cc1. The van der Waals surface area contributed by atoms with E-state index in [4.69, 9.17) is 4.74 Å². The lowest BCUT2D eigenvalue weighted by molar-refractivity contribution is 0.104. The zero-order chi connectivity index (χ0) is 12.8. The van der Waals surface area contributed by atoms with Gasteiger partial charge in [-0.15, -0.1) is 0 Å². The monoisotopic (exact) mass is 361 g/mol. The quantitative estimate of drug-likeness (QED) is 0.766. The van der Waals surface area contributed by atoms with Crippen molar-refractivity contribution in [2.75, 3.05) is 13.2 Å². The van der Waals surface area contributed by atoms with E-state index in [2.05, 4.69) is 27.9 Å². The van der Waals surface area contributed by atoms with Gasteiger partial charge in [0, 0.05) is 16.2 Å². The first kappa shape index (κ1) is 14.1. The highest BCUT2D eigenvalue weighted by molar-refractivity contribution is 14.1. The summed E-state index contributed by atoms with van der Waals surface area (Å²) in [6.07, 6.45) is 4.67. The van der Waals surface area contributed by atoms with Gasteiger partial charge in [-0.2, -0.15) is 0 Å². The van der Waals surface area contributed by atoms with Gasteiger partial charge in [0.15, 0.2) is 0 Å². The molecule has 2 N–H and O–H groups in total. The molecule has 0 spiro atoms. The molecule has 1 atom stereocenters. The maximum atomic E-state index is 9.84. The number of hydrogen-bond donors (Lipinski definition) is 2. The molecule has 2 rings (SSSR count). The third-order valence-electron chi connectivity index (χ3n) is 3.25. The summed E-state index contributed by atoms with van der Waals surface area (Å²) in [6, 6.07) is 8.45. The van der Waals surface area contributed by atoms with Gasteiger partial charge < -0.3 is 15.2 Å². The molecule has 1 aromatic carbocycles. The van der Waals surface area contributed by atoms with E-state index in [-0.39, 0.29) is 0 Å². The summed E-state index contributed by atoms with van der Waals surface area (Å²) in [6.45, 7) is 0.968. The largest absolute Gasteiger partial charge is 0.491 e. The van der Waals surface area contributed by atoms with Gasteiger partial charge in [0.25, 0.3) is 0 Å². The number of aliphatic hydroxyl groups is 1. The van der Waals surface area contributed by atoms with Crippen LogP contribution in [0.5, 0.6) is 5.75 Å². The van der Waals surface area contributed by atoms with Crippen LogP contribution < -0.4 is 10.1 Å². The Kier molecular flexibility index (Phi) is 5.72. The fourth-order valence-corrected chi connectivity index (χ4v) is 2.57. The van der Waals surface area contributed by atoms with E-state index < -0.39 is 6.10 Å². The molecular formula is C14H20INO2. The minimum atomic E-state index is -0.440. The second kappa shape index (κ2) is 7.31. The number of nitrogens with one attached hydrogen (secondary N) is 1. The second-order valence-corrected chi connectivity index (χ2v) is 6.05. The highest BCUT2D eigenvalue weighted by Gasteiger charge is 2.15. The van der Waals surface area contributed by atoms with E-state index in [1.165, 1.54) is 29.3 Å². The molecule has 0 aromatic heterocycles. The summed E-state index contributed by atoms with van der Waals surface area (Å²) in [5.74, 6) is 0.815. The van der Waals surface area contributed by atoms with Crippen molar-refractivity contribution in [3.8, 4) is 5.75 Å². The Hall–Kier alpha value is -0.330. The summed E-state index contributed by atoms with van der Waals surface area (Å²) in [5, 5.41) is 13.2. The highest BCUT2D eigenvalue weighted by Crippen LogP contribution is 2.17. The van der Waals surface area contributed by atoms with E-state index in [1.54, 1.807) is 0 Å². The van der Waals surface area contributed by atoms with Crippen molar-refractivity contribution in [3.63, 3.8) is 0 Å². The van der Waals surface area contributed by atoms with Crippen LogP contribution in [0.3, 0.4) is 0 Å². The average Bonchev–Trinajstić information content (AvgIpc) is 2.89. The Morgan fingerprint density at radius 3 is 2.61 bits per heavy atom. The number of rotatable bonds is 6. The lowest BCUT2D eigenvalue weighted by atomic mass is 10.2. The molecule has 1 aliphatic rings. The second-order valence-electron chi connectivity index (χ2n) is 4.81. The summed E-state index contributed by atoms with van der Waals surface area (Å²) >= 11 is 2.26. The van der Waals surface area contributed by atoms with Crippen LogP contribution in [0.25, 0.3) is 0 Å². The first-order chi connectivity index (χ1) is 8.74. The number of ether oxygens (including phenoxy) is 1. The third kappa shape index (κ3) is 4.74. The normalized spacial score (nSPS) is 17.9. The van der Waals surface area contributed by atoms with Gasteiger partial charge >= 0.3 is 0 Å². The van der Waals surface area contributed by atoms with Gasteiger partial charge in [0.2, 0.25) is 0 Å². The predicted molar refractivity (Wildman–Crippen MR) is 80.9 cm³/mol. The number of hydrogen-bond acceptors (Lipinski definition) is 3.